The van der Waals surface area contributed by atoms with Crippen molar-refractivity contribution >= 4 is 143 Å². The van der Waals surface area contributed by atoms with E-state index in [1.165, 1.54) is 0 Å². The number of benzene rings is 14. The Balaban J connectivity index is 0.904. The third kappa shape index (κ3) is 9.02. The molecule has 0 bridgehead atoms. The summed E-state index contributed by atoms with van der Waals surface area (Å²) in [6, 6.07) is 120. The van der Waals surface area contributed by atoms with Gasteiger partial charge in [-0.15, -0.1) is 0 Å². The lowest BCUT2D eigenvalue weighted by molar-refractivity contribution is 0.606. The largest absolute Gasteiger partial charge is 0.311 e. The minimum Gasteiger partial charge on any atom is -0.311 e. The van der Waals surface area contributed by atoms with Crippen LogP contribution in [-0.2, 0) is 0 Å². The first kappa shape index (κ1) is 55.3. The number of rotatable bonds is 11. The molecule has 4 aliphatic rings. The minimum atomic E-state index is -0.366. The summed E-state index contributed by atoms with van der Waals surface area (Å²) >= 11 is 1.57. The maximum atomic E-state index is 20.4. The Hall–Kier alpha value is -11.5. The zero-order chi connectivity index (χ0) is 62.4. The fourth-order valence-electron chi connectivity index (χ4n) is 15.1. The van der Waals surface area contributed by atoms with E-state index in [2.05, 4.69) is 365 Å². The molecule has 4 heterocycles. The van der Waals surface area contributed by atoms with Gasteiger partial charge in [0.15, 0.2) is 5.82 Å². The molecule has 0 atom stereocenters. The second-order valence-corrected chi connectivity index (χ2v) is 25.6. The van der Waals surface area contributed by atoms with Crippen molar-refractivity contribution in [1.29, 1.82) is 0 Å². The Bertz CT molecular complexity index is 5100. The topological polar surface area (TPSA) is 16.2 Å². The lowest BCUT2D eigenvalue weighted by Gasteiger charge is -2.46. The van der Waals surface area contributed by atoms with E-state index in [-0.39, 0.29) is 19.2 Å². The summed E-state index contributed by atoms with van der Waals surface area (Å²) < 4.78 is 20.4. The highest BCUT2D eigenvalue weighted by Gasteiger charge is 2.49. The summed E-state index contributed by atoms with van der Waals surface area (Å²) in [5.74, 6) is -0.241. The van der Waals surface area contributed by atoms with Crippen molar-refractivity contribution in [1.82, 2.24) is 0 Å². The van der Waals surface area contributed by atoms with E-state index in [4.69, 9.17) is 0 Å². The van der Waals surface area contributed by atoms with Gasteiger partial charge in [0.05, 0.1) is 11.4 Å². The predicted molar refractivity (Wildman–Crippen MR) is 395 cm³/mol. The Kier molecular flexibility index (Phi) is 13.4. The fraction of sp³-hybridized carbons (Fsp3) is 0.0118. The number of hydrogen-bond acceptors (Lipinski definition) is 6. The number of para-hydroxylation sites is 7. The Morgan fingerprint density at radius 3 is 1.16 bits per heavy atom. The van der Waals surface area contributed by atoms with Gasteiger partial charge in [-0.2, -0.15) is 0 Å². The number of fused-ring (bicyclic) bond motifs is 8. The zero-order valence-electron chi connectivity index (χ0n) is 51.4. The molecule has 0 aliphatic carbocycles. The number of halogens is 1. The lowest BCUT2D eigenvalue weighted by atomic mass is 9.31. The van der Waals surface area contributed by atoms with Crippen molar-refractivity contribution < 1.29 is 4.39 Å². The van der Waals surface area contributed by atoms with Gasteiger partial charge in [-0.3, -0.25) is 0 Å². The van der Waals surface area contributed by atoms with Gasteiger partial charge in [0.25, 0.3) is 6.71 Å². The molecule has 14 aromatic carbocycles. The smallest absolute Gasteiger partial charge is 0.252 e. The van der Waals surface area contributed by atoms with Crippen LogP contribution in [0.1, 0.15) is 5.56 Å². The number of nitrogens with zero attached hydrogens (tertiary/aromatic N) is 5. The number of anilines is 15. The molecule has 0 spiro atoms. The molecule has 4 aliphatic heterocycles. The lowest BCUT2D eigenvalue weighted by Crippen LogP contribution is -2.65. The van der Waals surface area contributed by atoms with E-state index in [0.29, 0.717) is 10.6 Å². The van der Waals surface area contributed by atoms with Gasteiger partial charge in [0.1, 0.15) is 0 Å². The zero-order valence-corrected chi connectivity index (χ0v) is 52.2. The average Bonchev–Trinajstić information content (AvgIpc) is 0.686. The minimum absolute atomic E-state index is 0.241. The molecule has 18 rings (SSSR count). The summed E-state index contributed by atoms with van der Waals surface area (Å²) in [6.07, 6.45) is 0. The standard InChI is InChI=1S/C85H58B2FN5S/c1-57-26-20-23-41-74(57)93-78-53-68(89(62-31-12-4-13-32-62)63-33-14-5-15-34-63)52-77-81(78)86(70-39-21-24-42-75(70)91(77)64-35-16-6-17-36-64)72-56-73-85(83(88)84(72)93)94-80-55-69(54-79-82(80)87(73)71-40-22-25-43-76(71)92(79)65-37-18-7-19-38-65)90(66-48-44-60(45-49-66)58-27-8-2-9-28-58)67-50-46-61(47-51-67)59-29-10-3-11-30-59/h2-56H,1H3. The van der Waals surface area contributed by atoms with E-state index in [9.17, 15) is 0 Å². The molecule has 0 radical (unpaired) electrons. The summed E-state index contributed by atoms with van der Waals surface area (Å²) in [5, 5.41) is 0. The summed E-state index contributed by atoms with van der Waals surface area (Å²) in [6.45, 7) is 1.45. The molecule has 5 nitrogen and oxygen atoms in total. The Labute approximate surface area is 552 Å². The third-order valence-corrected chi connectivity index (χ3v) is 20.4. The van der Waals surface area contributed by atoms with Crippen molar-refractivity contribution in [2.75, 3.05) is 24.5 Å². The molecule has 0 fully saturated rings. The first-order chi connectivity index (χ1) is 46.5. The van der Waals surface area contributed by atoms with Crippen LogP contribution in [0.3, 0.4) is 0 Å². The van der Waals surface area contributed by atoms with Gasteiger partial charge in [-0.05, 0) is 177 Å². The highest BCUT2D eigenvalue weighted by Crippen LogP contribution is 2.53. The van der Waals surface area contributed by atoms with Crippen LogP contribution in [0.4, 0.5) is 89.7 Å². The molecule has 0 aromatic heterocycles. The highest BCUT2D eigenvalue weighted by molar-refractivity contribution is 8.00. The van der Waals surface area contributed by atoms with Crippen LogP contribution >= 0.6 is 11.8 Å². The predicted octanol–water partition coefficient (Wildman–Crippen LogP) is 19.3. The molecule has 0 saturated heterocycles. The number of hydrogen-bond donors (Lipinski definition) is 0. The van der Waals surface area contributed by atoms with Crippen LogP contribution in [0.25, 0.3) is 22.3 Å². The normalized spacial score (nSPS) is 12.9. The average molecular weight is 1220 g/mol. The van der Waals surface area contributed by atoms with Crippen molar-refractivity contribution in [3.8, 4) is 22.3 Å². The molecule has 0 amide bonds. The third-order valence-electron chi connectivity index (χ3n) is 19.2. The van der Waals surface area contributed by atoms with Crippen LogP contribution in [0, 0.1) is 12.7 Å². The van der Waals surface area contributed by atoms with Gasteiger partial charge >= 0.3 is 0 Å². The monoisotopic (exact) mass is 1220 g/mol. The van der Waals surface area contributed by atoms with Gasteiger partial charge < -0.3 is 24.5 Å². The van der Waals surface area contributed by atoms with E-state index >= 15 is 4.39 Å². The molecule has 9 heteroatoms. The quantitative estimate of drug-likeness (QED) is 0.119. The second-order valence-electron chi connectivity index (χ2n) is 24.5. The maximum Gasteiger partial charge on any atom is 0.252 e. The van der Waals surface area contributed by atoms with Crippen LogP contribution in [0.15, 0.2) is 343 Å². The van der Waals surface area contributed by atoms with Crippen molar-refractivity contribution in [2.24, 2.45) is 0 Å². The van der Waals surface area contributed by atoms with Crippen molar-refractivity contribution in [3.05, 3.63) is 345 Å². The van der Waals surface area contributed by atoms with E-state index < -0.39 is 0 Å². The van der Waals surface area contributed by atoms with E-state index in [1.54, 1.807) is 11.8 Å². The van der Waals surface area contributed by atoms with Gasteiger partial charge in [0, 0.05) is 83.7 Å². The Morgan fingerprint density at radius 2 is 0.670 bits per heavy atom. The van der Waals surface area contributed by atoms with Gasteiger partial charge in [-0.25, -0.2) is 4.39 Å². The maximum absolute atomic E-state index is 20.4. The van der Waals surface area contributed by atoms with Crippen LogP contribution < -0.4 is 57.3 Å². The number of aryl methyl sites for hydroxylation is 1. The highest BCUT2D eigenvalue weighted by atomic mass is 32.2. The van der Waals surface area contributed by atoms with Crippen molar-refractivity contribution in [2.45, 2.75) is 16.7 Å². The molecule has 0 saturated carbocycles. The molecule has 442 valence electrons. The molecule has 0 N–H and O–H groups in total. The van der Waals surface area contributed by atoms with E-state index in [1.807, 2.05) is 0 Å². The second kappa shape index (κ2) is 22.7. The van der Waals surface area contributed by atoms with Crippen molar-refractivity contribution in [3.63, 3.8) is 0 Å². The molecular weight excluding hydrogens is 1160 g/mol. The van der Waals surface area contributed by atoms with E-state index in [0.717, 1.165) is 145 Å². The fourth-order valence-corrected chi connectivity index (χ4v) is 16.3. The van der Waals surface area contributed by atoms with Gasteiger partial charge in [-0.1, -0.05) is 236 Å². The molecule has 0 unspecified atom stereocenters. The molecule has 94 heavy (non-hydrogen) atoms. The summed E-state index contributed by atoms with van der Waals surface area (Å²) in [5.41, 5.74) is 26.6. The molecular formula is C85H58B2FN5S. The van der Waals surface area contributed by atoms with Crippen LogP contribution in [-0.4, -0.2) is 13.4 Å². The van der Waals surface area contributed by atoms with Gasteiger partial charge in [0.2, 0.25) is 6.71 Å². The first-order valence-electron chi connectivity index (χ1n) is 32.2. The summed E-state index contributed by atoms with van der Waals surface area (Å²) in [7, 11) is 0. The molecule has 14 aromatic rings. The first-order valence-corrected chi connectivity index (χ1v) is 33.0. The van der Waals surface area contributed by atoms with Crippen LogP contribution in [0.5, 0.6) is 0 Å². The Morgan fingerprint density at radius 1 is 0.298 bits per heavy atom. The van der Waals surface area contributed by atoms with Crippen LogP contribution in [0.2, 0.25) is 0 Å². The SMILES string of the molecule is Cc1ccccc1N1c2cc(N(c3ccccc3)c3ccccc3)cc3c2B(c2ccccc2N3c2ccccc2)c2cc3c(c(F)c21)Sc1cc(N(c2ccc(-c4ccccc4)cc2)c2ccc(-c4ccccc4)cc2)cc2c1B3c1ccccc1N2c1ccccc1. The summed E-state index contributed by atoms with van der Waals surface area (Å²) in [4.78, 5) is 13.5.